The molecule has 0 heterocycles. The number of anilines is 1. The van der Waals surface area contributed by atoms with Gasteiger partial charge in [0, 0.05) is 49.6 Å². The number of nitrogens with one attached hydrogen (secondary N) is 1. The third-order valence-corrected chi connectivity index (χ3v) is 6.93. The fourth-order valence-electron chi connectivity index (χ4n) is 3.12. The summed E-state index contributed by atoms with van der Waals surface area (Å²) in [5.41, 5.74) is 0.379. The Morgan fingerprint density at radius 1 is 1.17 bits per heavy atom. The summed E-state index contributed by atoms with van der Waals surface area (Å²) in [6.45, 7) is 0. The zero-order chi connectivity index (χ0) is 21.2. The number of aliphatic hydroxyl groups is 1. The van der Waals surface area contributed by atoms with Crippen LogP contribution in [0.1, 0.15) is 41.6 Å². The van der Waals surface area contributed by atoms with Crippen molar-refractivity contribution >= 4 is 57.5 Å². The lowest BCUT2D eigenvalue weighted by atomic mass is 9.97. The van der Waals surface area contributed by atoms with Crippen LogP contribution in [0.25, 0.3) is 0 Å². The zero-order valence-corrected chi connectivity index (χ0v) is 18.8. The van der Waals surface area contributed by atoms with Crippen molar-refractivity contribution in [3.05, 3.63) is 58.4 Å². The molecular weight excluding hydrogens is 538 g/mol. The maximum Gasteiger partial charge on any atom is 0.322 e. The van der Waals surface area contributed by atoms with E-state index in [1.54, 1.807) is 0 Å². The Balaban J connectivity index is 1.83. The smallest absolute Gasteiger partial charge is 0.322 e. The molecule has 0 saturated heterocycles. The van der Waals surface area contributed by atoms with Crippen LogP contribution in [0.3, 0.4) is 0 Å². The topological polar surface area (TPSA) is 49.3 Å². The second-order valence-corrected chi connectivity index (χ2v) is 9.94. The minimum Gasteiger partial charge on any atom is -0.393 e. The van der Waals surface area contributed by atoms with E-state index in [0.717, 1.165) is 41.5 Å². The second-order valence-electron chi connectivity index (χ2n) is 6.84. The van der Waals surface area contributed by atoms with Gasteiger partial charge in [0.15, 0.2) is 0 Å². The average molecular weight is 556 g/mol. The monoisotopic (exact) mass is 555 g/mol. The summed E-state index contributed by atoms with van der Waals surface area (Å²) >= 11 is 8.12. The van der Waals surface area contributed by atoms with Gasteiger partial charge in [-0.2, -0.15) is 8.78 Å². The molecule has 29 heavy (non-hydrogen) atoms. The van der Waals surface area contributed by atoms with E-state index in [4.69, 9.17) is 11.6 Å². The van der Waals surface area contributed by atoms with Crippen molar-refractivity contribution in [1.82, 2.24) is 0 Å². The molecule has 1 fully saturated rings. The number of benzene rings is 2. The third kappa shape index (κ3) is 6.02. The Kier molecular flexibility index (Phi) is 7.40. The molecule has 0 radical (unpaired) electrons. The summed E-state index contributed by atoms with van der Waals surface area (Å²) in [5.74, 6) is -1.11. The van der Waals surface area contributed by atoms with Crippen LogP contribution in [0, 0.1) is 5.82 Å². The summed E-state index contributed by atoms with van der Waals surface area (Å²) in [4.78, 5) is 12.9. The first-order valence-corrected chi connectivity index (χ1v) is 11.3. The van der Waals surface area contributed by atoms with Gasteiger partial charge in [0.25, 0.3) is 5.91 Å². The molecule has 2 aromatic carbocycles. The number of thioether (sulfide) groups is 1. The molecule has 3 rings (SSSR count). The van der Waals surface area contributed by atoms with Crippen LogP contribution in [-0.4, -0.2) is 22.4 Å². The quantitative estimate of drug-likeness (QED) is 0.322. The normalized spacial score (nSPS) is 19.8. The van der Waals surface area contributed by atoms with Crippen molar-refractivity contribution in [2.45, 2.75) is 45.9 Å². The van der Waals surface area contributed by atoms with Crippen LogP contribution in [0.5, 0.6) is 0 Å². The van der Waals surface area contributed by atoms with Gasteiger partial charge in [-0.3, -0.25) is 4.79 Å². The molecule has 1 amide bonds. The maximum absolute atomic E-state index is 14.1. The Morgan fingerprint density at radius 3 is 2.48 bits per heavy atom. The van der Waals surface area contributed by atoms with Crippen LogP contribution in [0.2, 0.25) is 5.02 Å². The van der Waals surface area contributed by atoms with Gasteiger partial charge in [0.05, 0.1) is 11.1 Å². The third-order valence-electron chi connectivity index (χ3n) is 4.66. The van der Waals surface area contributed by atoms with E-state index in [1.165, 1.54) is 42.1 Å². The van der Waals surface area contributed by atoms with Gasteiger partial charge in [-0.05, 0) is 56.0 Å². The van der Waals surface area contributed by atoms with E-state index in [1.807, 2.05) is 0 Å². The molecule has 1 aliphatic carbocycles. The Labute approximate surface area is 189 Å². The fourth-order valence-corrected chi connectivity index (χ4v) is 5.33. The van der Waals surface area contributed by atoms with E-state index < -0.39 is 15.7 Å². The Bertz CT molecular complexity index is 902. The van der Waals surface area contributed by atoms with Crippen LogP contribution >= 0.6 is 46.0 Å². The first-order chi connectivity index (χ1) is 13.6. The lowest BCUT2D eigenvalue weighted by Gasteiger charge is -2.26. The number of aliphatic hydroxyl groups excluding tert-OH is 1. The van der Waals surface area contributed by atoms with Gasteiger partial charge in [0.2, 0.25) is 0 Å². The average Bonchev–Trinajstić information content (AvgIpc) is 2.65. The van der Waals surface area contributed by atoms with Gasteiger partial charge in [0.1, 0.15) is 5.82 Å². The molecule has 9 heteroatoms. The second kappa shape index (κ2) is 9.45. The molecule has 1 aliphatic rings. The Hall–Kier alpha value is -0.970. The summed E-state index contributed by atoms with van der Waals surface area (Å²) in [6.07, 6.45) is 2.39. The number of hydrogen-bond donors (Lipinski definition) is 2. The van der Waals surface area contributed by atoms with Crippen molar-refractivity contribution in [3.8, 4) is 0 Å². The van der Waals surface area contributed by atoms with Crippen molar-refractivity contribution in [3.63, 3.8) is 0 Å². The first-order valence-electron chi connectivity index (χ1n) is 8.96. The van der Waals surface area contributed by atoms with Gasteiger partial charge >= 0.3 is 3.93 Å². The largest absolute Gasteiger partial charge is 0.393 e. The van der Waals surface area contributed by atoms with Crippen molar-refractivity contribution < 1.29 is 23.1 Å². The van der Waals surface area contributed by atoms with E-state index in [9.17, 15) is 23.1 Å². The molecule has 2 aromatic rings. The predicted molar refractivity (Wildman–Crippen MR) is 118 cm³/mol. The van der Waals surface area contributed by atoms with E-state index in [2.05, 4.69) is 5.32 Å². The molecule has 0 bridgehead atoms. The number of rotatable bonds is 5. The highest BCUT2D eigenvalue weighted by atomic mass is 127. The molecule has 0 unspecified atom stereocenters. The molecule has 1 saturated carbocycles. The maximum atomic E-state index is 14.1. The summed E-state index contributed by atoms with van der Waals surface area (Å²) in [5, 5.41) is 12.2. The standard InChI is InChI=1S/C20H18ClF3INO2S/c21-16-10-12(2-8-17(16)22)26-19(28)11-1-7-15(20(23,24)25)18(9-11)29-14-5-3-13(27)4-6-14/h1-2,7-10,13-14,27H,3-6H2,(H,26,28). The highest BCUT2D eigenvalue weighted by Crippen LogP contribution is 2.44. The molecule has 0 aliphatic heterocycles. The van der Waals surface area contributed by atoms with Gasteiger partial charge in [-0.25, -0.2) is 4.39 Å². The molecule has 156 valence electrons. The lowest BCUT2D eigenvalue weighted by Crippen LogP contribution is -2.20. The highest BCUT2D eigenvalue weighted by Gasteiger charge is 2.32. The highest BCUT2D eigenvalue weighted by molar-refractivity contribution is 14.1. The molecule has 0 spiro atoms. The summed E-state index contributed by atoms with van der Waals surface area (Å²) in [7, 11) is 0. The van der Waals surface area contributed by atoms with E-state index in [0.29, 0.717) is 23.4 Å². The van der Waals surface area contributed by atoms with Crippen LogP contribution in [-0.2, 0) is 3.93 Å². The number of amides is 1. The van der Waals surface area contributed by atoms with Gasteiger partial charge in [-0.15, -0.1) is 11.8 Å². The van der Waals surface area contributed by atoms with Crippen LogP contribution < -0.4 is 5.32 Å². The molecule has 2 N–H and O–H groups in total. The Morgan fingerprint density at radius 2 is 1.86 bits per heavy atom. The predicted octanol–water partition coefficient (Wildman–Crippen LogP) is 6.61. The van der Waals surface area contributed by atoms with E-state index in [-0.39, 0.29) is 27.5 Å². The molecule has 0 aromatic heterocycles. The minimum atomic E-state index is -3.08. The SMILES string of the molecule is O=C(Nc1ccc(F)c(Cl)c1)c1ccc(C(F)(F)I)c(SC2CCC(O)CC2)c1. The lowest BCUT2D eigenvalue weighted by molar-refractivity contribution is 0.102. The fraction of sp³-hybridized carbons (Fsp3) is 0.350. The number of carbonyl (C=O) groups excluding carboxylic acids is 1. The van der Waals surface area contributed by atoms with Crippen molar-refractivity contribution in [1.29, 1.82) is 0 Å². The van der Waals surface area contributed by atoms with Crippen molar-refractivity contribution in [2.24, 2.45) is 0 Å². The summed E-state index contributed by atoms with van der Waals surface area (Å²) < 4.78 is 38.4. The minimum absolute atomic E-state index is 0.102. The number of halogens is 5. The zero-order valence-electron chi connectivity index (χ0n) is 15.1. The number of alkyl halides is 3. The van der Waals surface area contributed by atoms with Gasteiger partial charge < -0.3 is 10.4 Å². The molecular formula is C20H18ClF3INO2S. The molecule has 3 nitrogen and oxygen atoms in total. The van der Waals surface area contributed by atoms with E-state index >= 15 is 0 Å². The first kappa shape index (κ1) is 22.7. The number of hydrogen-bond acceptors (Lipinski definition) is 3. The van der Waals surface area contributed by atoms with Crippen molar-refractivity contribution in [2.75, 3.05) is 5.32 Å². The summed E-state index contributed by atoms with van der Waals surface area (Å²) in [6, 6.07) is 7.85. The van der Waals surface area contributed by atoms with Crippen LogP contribution in [0.15, 0.2) is 41.3 Å². The van der Waals surface area contributed by atoms with Gasteiger partial charge in [-0.1, -0.05) is 17.7 Å². The number of carbonyl (C=O) groups is 1. The molecule has 0 atom stereocenters. The van der Waals surface area contributed by atoms with Crippen LogP contribution in [0.4, 0.5) is 18.9 Å².